The number of rotatable bonds is 4. The second-order valence-corrected chi connectivity index (χ2v) is 4.86. The molecule has 17 heavy (non-hydrogen) atoms. The Morgan fingerprint density at radius 3 is 2.76 bits per heavy atom. The number of nitrogens with zero attached hydrogens (tertiary/aromatic N) is 1. The Balaban J connectivity index is 2.10. The highest BCUT2D eigenvalue weighted by atomic mass is 35.5. The van der Waals surface area contributed by atoms with Gasteiger partial charge in [-0.3, -0.25) is 0 Å². The molecule has 92 valence electrons. The lowest BCUT2D eigenvalue weighted by atomic mass is 9.86. The predicted octanol–water partition coefficient (Wildman–Crippen LogP) is 3.42. The van der Waals surface area contributed by atoms with E-state index >= 15 is 0 Å². The molecule has 1 saturated heterocycles. The molecule has 0 bridgehead atoms. The Kier molecular flexibility index (Phi) is 4.43. The molecule has 0 radical (unpaired) electrons. The van der Waals surface area contributed by atoms with E-state index in [0.717, 1.165) is 18.8 Å². The van der Waals surface area contributed by atoms with E-state index in [1.165, 1.54) is 18.4 Å². The molecule has 1 heterocycles. The fraction of sp³-hybridized carbons (Fsp3) is 0.500. The molecule has 1 aliphatic heterocycles. The van der Waals surface area contributed by atoms with E-state index in [2.05, 4.69) is 47.1 Å². The highest BCUT2D eigenvalue weighted by molar-refractivity contribution is 6.20. The summed E-state index contributed by atoms with van der Waals surface area (Å²) in [5.74, 6) is 2.08. The van der Waals surface area contributed by atoms with Crippen molar-refractivity contribution in [2.45, 2.75) is 26.2 Å². The number of amidine groups is 1. The molecule has 1 aliphatic rings. The maximum absolute atomic E-state index is 5.66. The van der Waals surface area contributed by atoms with Gasteiger partial charge < -0.3 is 5.32 Å². The van der Waals surface area contributed by atoms with Gasteiger partial charge in [-0.1, -0.05) is 43.7 Å². The zero-order valence-corrected chi connectivity index (χ0v) is 11.0. The highest BCUT2D eigenvalue weighted by Crippen LogP contribution is 2.27. The van der Waals surface area contributed by atoms with Gasteiger partial charge in [-0.15, -0.1) is 0 Å². The Hall–Kier alpha value is -1.02. The maximum atomic E-state index is 5.66. The van der Waals surface area contributed by atoms with Crippen molar-refractivity contribution in [3.8, 4) is 0 Å². The van der Waals surface area contributed by atoms with Crippen LogP contribution in [0.25, 0.3) is 0 Å². The molecule has 1 fully saturated rings. The van der Waals surface area contributed by atoms with Crippen LogP contribution < -0.4 is 5.32 Å². The van der Waals surface area contributed by atoms with E-state index in [4.69, 9.17) is 11.8 Å². The van der Waals surface area contributed by atoms with Crippen molar-refractivity contribution in [3.05, 3.63) is 35.9 Å². The van der Waals surface area contributed by atoms with Crippen molar-refractivity contribution in [2.75, 3.05) is 6.54 Å². The first kappa shape index (κ1) is 12.4. The van der Waals surface area contributed by atoms with E-state index < -0.39 is 0 Å². The Morgan fingerprint density at radius 1 is 1.35 bits per heavy atom. The molecule has 0 aliphatic carbocycles. The molecular formula is C14H19ClN2. The topological polar surface area (TPSA) is 24.4 Å². The lowest BCUT2D eigenvalue weighted by Gasteiger charge is -2.17. The summed E-state index contributed by atoms with van der Waals surface area (Å²) in [7, 11) is 0. The van der Waals surface area contributed by atoms with Crippen LogP contribution in [0.2, 0.25) is 0 Å². The third-order valence-electron chi connectivity index (χ3n) is 3.51. The lowest BCUT2D eigenvalue weighted by molar-refractivity contribution is 0.423. The molecule has 0 aromatic heterocycles. The van der Waals surface area contributed by atoms with Gasteiger partial charge in [0, 0.05) is 24.2 Å². The van der Waals surface area contributed by atoms with Crippen LogP contribution >= 0.6 is 11.8 Å². The third-order valence-corrected chi connectivity index (χ3v) is 3.70. The third kappa shape index (κ3) is 3.01. The Bertz CT molecular complexity index is 375. The van der Waals surface area contributed by atoms with Crippen molar-refractivity contribution < 1.29 is 0 Å². The van der Waals surface area contributed by atoms with Crippen molar-refractivity contribution in [3.63, 3.8) is 0 Å². The summed E-state index contributed by atoms with van der Waals surface area (Å²) in [5.41, 5.74) is 1.36. The number of benzene rings is 1. The molecular weight excluding hydrogens is 232 g/mol. The molecule has 3 heteroatoms. The average molecular weight is 251 g/mol. The molecule has 0 spiro atoms. The smallest absolute Gasteiger partial charge is 0.120 e. The van der Waals surface area contributed by atoms with E-state index in [0.29, 0.717) is 11.8 Å². The summed E-state index contributed by atoms with van der Waals surface area (Å²) in [6, 6.07) is 10.6. The minimum atomic E-state index is 0.454. The van der Waals surface area contributed by atoms with E-state index in [1.54, 1.807) is 0 Å². The first-order chi connectivity index (χ1) is 8.35. The van der Waals surface area contributed by atoms with Gasteiger partial charge >= 0.3 is 0 Å². The summed E-state index contributed by atoms with van der Waals surface area (Å²) >= 11 is 5.66. The van der Waals surface area contributed by atoms with Crippen LogP contribution in [-0.4, -0.2) is 12.4 Å². The van der Waals surface area contributed by atoms with Crippen LogP contribution in [0.5, 0.6) is 0 Å². The van der Waals surface area contributed by atoms with Gasteiger partial charge in [0.05, 0.1) is 0 Å². The summed E-state index contributed by atoms with van der Waals surface area (Å²) in [4.78, 5) is 0. The molecule has 2 unspecified atom stereocenters. The zero-order chi connectivity index (χ0) is 12.1. The maximum Gasteiger partial charge on any atom is 0.120 e. The first-order valence-corrected chi connectivity index (χ1v) is 6.65. The summed E-state index contributed by atoms with van der Waals surface area (Å²) in [6.45, 7) is 3.24. The van der Waals surface area contributed by atoms with Gasteiger partial charge in [-0.2, -0.15) is 4.51 Å². The zero-order valence-electron chi connectivity index (χ0n) is 10.2. The van der Waals surface area contributed by atoms with Crippen molar-refractivity contribution in [1.29, 1.82) is 0 Å². The van der Waals surface area contributed by atoms with E-state index in [-0.39, 0.29) is 0 Å². The van der Waals surface area contributed by atoms with E-state index in [9.17, 15) is 0 Å². The van der Waals surface area contributed by atoms with Crippen molar-refractivity contribution in [2.24, 2.45) is 16.3 Å². The van der Waals surface area contributed by atoms with Gasteiger partial charge in [-0.05, 0) is 24.3 Å². The number of hydrogen-bond acceptors (Lipinski definition) is 1. The Morgan fingerprint density at radius 2 is 2.12 bits per heavy atom. The Labute approximate surface area is 108 Å². The minimum absolute atomic E-state index is 0.454. The molecule has 0 amide bonds. The van der Waals surface area contributed by atoms with Gasteiger partial charge in [0.2, 0.25) is 0 Å². The van der Waals surface area contributed by atoms with Crippen LogP contribution in [0, 0.1) is 11.8 Å². The monoisotopic (exact) mass is 250 g/mol. The standard InChI is InChI=1S/C14H19ClN2/c1-2-6-12-10-16-14(17-15)13(12)9-11-7-4-3-5-8-11/h3-5,7-8,12-13H,2,6,9-10H2,1H3,(H,16,17). The largest absolute Gasteiger partial charge is 0.372 e. The normalized spacial score (nSPS) is 26.1. The fourth-order valence-electron chi connectivity index (χ4n) is 2.63. The van der Waals surface area contributed by atoms with Gasteiger partial charge in [0.1, 0.15) is 5.84 Å². The van der Waals surface area contributed by atoms with Crippen LogP contribution in [0.15, 0.2) is 34.8 Å². The molecule has 2 atom stereocenters. The van der Waals surface area contributed by atoms with Crippen molar-refractivity contribution in [1.82, 2.24) is 5.32 Å². The van der Waals surface area contributed by atoms with Gasteiger partial charge in [0.15, 0.2) is 0 Å². The molecule has 1 aromatic carbocycles. The fourth-order valence-corrected chi connectivity index (χ4v) is 2.82. The molecule has 1 N–H and O–H groups in total. The molecule has 2 nitrogen and oxygen atoms in total. The second-order valence-electron chi connectivity index (χ2n) is 4.70. The summed E-state index contributed by atoms with van der Waals surface area (Å²) in [6.07, 6.45) is 3.48. The first-order valence-electron chi connectivity index (χ1n) is 6.31. The second kappa shape index (κ2) is 6.06. The summed E-state index contributed by atoms with van der Waals surface area (Å²) in [5, 5.41) is 3.33. The number of nitrogens with one attached hydrogen (secondary N) is 1. The highest BCUT2D eigenvalue weighted by Gasteiger charge is 2.32. The van der Waals surface area contributed by atoms with E-state index in [1.807, 2.05) is 0 Å². The summed E-state index contributed by atoms with van der Waals surface area (Å²) < 4.78 is 3.88. The van der Waals surface area contributed by atoms with Crippen LogP contribution in [0.1, 0.15) is 25.3 Å². The molecule has 0 saturated carbocycles. The van der Waals surface area contributed by atoms with Crippen LogP contribution in [0.4, 0.5) is 0 Å². The van der Waals surface area contributed by atoms with Gasteiger partial charge in [-0.25, -0.2) is 0 Å². The van der Waals surface area contributed by atoms with Gasteiger partial charge in [0.25, 0.3) is 0 Å². The predicted molar refractivity (Wildman–Crippen MR) is 73.3 cm³/mol. The quantitative estimate of drug-likeness (QED) is 0.870. The molecule has 2 rings (SSSR count). The van der Waals surface area contributed by atoms with Crippen molar-refractivity contribution >= 4 is 17.6 Å². The minimum Gasteiger partial charge on any atom is -0.372 e. The lowest BCUT2D eigenvalue weighted by Crippen LogP contribution is -2.21. The van der Waals surface area contributed by atoms with Crippen LogP contribution in [-0.2, 0) is 6.42 Å². The van der Waals surface area contributed by atoms with Crippen LogP contribution in [0.3, 0.4) is 0 Å². The number of halogens is 1. The number of hydrogen-bond donors (Lipinski definition) is 1. The molecule has 1 aromatic rings. The SMILES string of the molecule is CCCC1CN/C(=N\Cl)C1Cc1ccccc1. The average Bonchev–Trinajstić information content (AvgIpc) is 2.74.